The van der Waals surface area contributed by atoms with Gasteiger partial charge in [-0.2, -0.15) is 0 Å². The molecule has 0 atom stereocenters. The van der Waals surface area contributed by atoms with Gasteiger partial charge >= 0.3 is 21.5 Å². The van der Waals surface area contributed by atoms with E-state index in [0.29, 0.717) is 36.3 Å². The average molecular weight is 448 g/mol. The van der Waals surface area contributed by atoms with Gasteiger partial charge in [-0.1, -0.05) is 54.6 Å². The maximum Gasteiger partial charge on any atom is 0.687 e. The van der Waals surface area contributed by atoms with E-state index in [1.165, 1.54) is 6.08 Å². The van der Waals surface area contributed by atoms with Gasteiger partial charge in [-0.05, 0) is 48.7 Å². The number of aryl methyl sites for hydroxylation is 1. The van der Waals surface area contributed by atoms with E-state index < -0.39 is 21.5 Å². The van der Waals surface area contributed by atoms with Gasteiger partial charge in [-0.3, -0.25) is 0 Å². The summed E-state index contributed by atoms with van der Waals surface area (Å²) < 4.78 is 16.9. The SMILES string of the molecule is O=C=NCCCc1ccccc1O[SiH](OC(=O)c1ccccc1)OC(=O)c1ccccc1. The van der Waals surface area contributed by atoms with Gasteiger partial charge in [0.25, 0.3) is 0 Å². The lowest BCUT2D eigenvalue weighted by Gasteiger charge is -2.19. The first-order valence-corrected chi connectivity index (χ1v) is 11.4. The summed E-state index contributed by atoms with van der Waals surface area (Å²) in [6.07, 6.45) is 2.69. The second kappa shape index (κ2) is 12.0. The highest BCUT2D eigenvalue weighted by Gasteiger charge is 2.29. The fourth-order valence-corrected chi connectivity index (χ4v) is 4.06. The Labute approximate surface area is 187 Å². The topological polar surface area (TPSA) is 91.3 Å². The molecule has 7 nitrogen and oxygen atoms in total. The molecular weight excluding hydrogens is 426 g/mol. The Morgan fingerprint density at radius 2 is 1.31 bits per heavy atom. The molecule has 0 aliphatic carbocycles. The normalized spacial score (nSPS) is 10.2. The Bertz CT molecular complexity index is 1030. The van der Waals surface area contributed by atoms with Crippen molar-refractivity contribution in [2.24, 2.45) is 4.99 Å². The Kier molecular flexibility index (Phi) is 8.50. The summed E-state index contributed by atoms with van der Waals surface area (Å²) in [6, 6.07) is 24.0. The molecule has 3 rings (SSSR count). The lowest BCUT2D eigenvalue weighted by molar-refractivity contribution is 0.0529. The van der Waals surface area contributed by atoms with Crippen LogP contribution in [-0.4, -0.2) is 34.1 Å². The molecule has 8 heteroatoms. The quantitative estimate of drug-likeness (QED) is 0.203. The zero-order chi connectivity index (χ0) is 22.6. The first-order valence-electron chi connectivity index (χ1n) is 9.97. The molecule has 0 saturated heterocycles. The Hall–Kier alpha value is -4.00. The van der Waals surface area contributed by atoms with Crippen LogP contribution in [-0.2, 0) is 20.1 Å². The molecule has 0 saturated carbocycles. The van der Waals surface area contributed by atoms with Crippen LogP contribution < -0.4 is 4.43 Å². The summed E-state index contributed by atoms with van der Waals surface area (Å²) in [5.74, 6) is -0.831. The molecule has 0 fully saturated rings. The van der Waals surface area contributed by atoms with Gasteiger partial charge in [0.05, 0.1) is 17.7 Å². The predicted octanol–water partition coefficient (Wildman–Crippen LogP) is 3.77. The smallest absolute Gasteiger partial charge is 0.485 e. The molecule has 0 radical (unpaired) electrons. The van der Waals surface area contributed by atoms with Crippen molar-refractivity contribution in [3.05, 3.63) is 102 Å². The third-order valence-corrected chi connectivity index (χ3v) is 5.66. The van der Waals surface area contributed by atoms with Crippen LogP contribution in [0.25, 0.3) is 0 Å². The van der Waals surface area contributed by atoms with Crippen LogP contribution in [0.4, 0.5) is 0 Å². The lowest BCUT2D eigenvalue weighted by Crippen LogP contribution is -2.35. The second-order valence-electron chi connectivity index (χ2n) is 6.63. The minimum atomic E-state index is -3.28. The van der Waals surface area contributed by atoms with Crippen molar-refractivity contribution < 1.29 is 27.7 Å². The molecule has 0 aliphatic heterocycles. The molecule has 0 spiro atoms. The van der Waals surface area contributed by atoms with Crippen LogP contribution in [0, 0.1) is 0 Å². The number of isocyanates is 1. The summed E-state index contributed by atoms with van der Waals surface area (Å²) in [6.45, 7) is 0.338. The van der Waals surface area contributed by atoms with Crippen molar-refractivity contribution in [3.63, 3.8) is 0 Å². The van der Waals surface area contributed by atoms with Crippen LogP contribution in [0.1, 0.15) is 32.7 Å². The molecule has 3 aromatic rings. The first-order chi connectivity index (χ1) is 15.7. The number of carbonyl (C=O) groups is 2. The van der Waals surface area contributed by atoms with E-state index in [0.717, 1.165) is 5.56 Å². The van der Waals surface area contributed by atoms with Gasteiger partial charge in [0, 0.05) is 0 Å². The number of hydrogen-bond donors (Lipinski definition) is 0. The monoisotopic (exact) mass is 447 g/mol. The van der Waals surface area contributed by atoms with Crippen molar-refractivity contribution in [2.75, 3.05) is 6.54 Å². The molecule has 0 aromatic heterocycles. The second-order valence-corrected chi connectivity index (χ2v) is 7.92. The molecule has 0 amide bonds. The zero-order valence-electron chi connectivity index (χ0n) is 17.2. The van der Waals surface area contributed by atoms with E-state index >= 15 is 0 Å². The van der Waals surface area contributed by atoms with Crippen LogP contribution in [0.3, 0.4) is 0 Å². The molecule has 32 heavy (non-hydrogen) atoms. The van der Waals surface area contributed by atoms with Gasteiger partial charge < -0.3 is 13.3 Å². The van der Waals surface area contributed by atoms with Crippen molar-refractivity contribution in [2.45, 2.75) is 12.8 Å². The fourth-order valence-electron chi connectivity index (χ4n) is 2.85. The number of nitrogens with zero attached hydrogens (tertiary/aromatic N) is 1. The van der Waals surface area contributed by atoms with Gasteiger partial charge in [0.15, 0.2) is 0 Å². The van der Waals surface area contributed by atoms with E-state index in [1.807, 2.05) is 12.1 Å². The van der Waals surface area contributed by atoms with Crippen molar-refractivity contribution in [3.8, 4) is 5.75 Å². The van der Waals surface area contributed by atoms with E-state index in [4.69, 9.17) is 13.3 Å². The van der Waals surface area contributed by atoms with Gasteiger partial charge in [-0.25, -0.2) is 19.4 Å². The fraction of sp³-hybridized carbons (Fsp3) is 0.125. The molecule has 0 unspecified atom stereocenters. The highest BCUT2D eigenvalue weighted by atomic mass is 28.3. The number of para-hydroxylation sites is 1. The van der Waals surface area contributed by atoms with E-state index in [1.54, 1.807) is 72.8 Å². The largest absolute Gasteiger partial charge is 0.687 e. The van der Waals surface area contributed by atoms with Gasteiger partial charge in [0.1, 0.15) is 5.75 Å². The van der Waals surface area contributed by atoms with Crippen molar-refractivity contribution in [1.29, 1.82) is 0 Å². The standard InChI is InChI=1S/C24H21NO6Si/c26-18-25-17-9-15-19-10-7-8-16-22(19)29-32(30-23(27)20-11-3-1-4-12-20)31-24(28)21-13-5-2-6-14-21/h1-8,10-14,16,32H,9,15,17H2. The van der Waals surface area contributed by atoms with Crippen LogP contribution in [0.2, 0.25) is 0 Å². The van der Waals surface area contributed by atoms with Crippen LogP contribution in [0.15, 0.2) is 89.9 Å². The number of aliphatic imine (C=N–C) groups is 1. The molecule has 0 heterocycles. The molecule has 0 N–H and O–H groups in total. The van der Waals surface area contributed by atoms with E-state index in [2.05, 4.69) is 4.99 Å². The number of carbonyl (C=O) groups excluding carboxylic acids is 3. The van der Waals surface area contributed by atoms with Crippen molar-refractivity contribution >= 4 is 27.5 Å². The molecule has 0 aliphatic rings. The maximum absolute atomic E-state index is 12.6. The molecule has 162 valence electrons. The maximum atomic E-state index is 12.6. The van der Waals surface area contributed by atoms with Crippen LogP contribution >= 0.6 is 0 Å². The molecule has 0 bridgehead atoms. The number of benzene rings is 3. The minimum absolute atomic E-state index is 0.323. The van der Waals surface area contributed by atoms with E-state index in [-0.39, 0.29) is 0 Å². The highest BCUT2D eigenvalue weighted by molar-refractivity contribution is 6.44. The summed E-state index contributed by atoms with van der Waals surface area (Å²) in [5, 5.41) is 0. The Morgan fingerprint density at radius 3 is 1.88 bits per heavy atom. The molecular formula is C24H21NO6Si. The van der Waals surface area contributed by atoms with Gasteiger partial charge in [0.2, 0.25) is 6.08 Å². The predicted molar refractivity (Wildman–Crippen MR) is 119 cm³/mol. The minimum Gasteiger partial charge on any atom is -0.485 e. The first kappa shape index (κ1) is 22.7. The number of hydrogen-bond acceptors (Lipinski definition) is 7. The summed E-state index contributed by atoms with van der Waals surface area (Å²) in [7, 11) is -3.28. The number of rotatable bonds is 10. The summed E-state index contributed by atoms with van der Waals surface area (Å²) in [4.78, 5) is 39.0. The van der Waals surface area contributed by atoms with Crippen molar-refractivity contribution in [1.82, 2.24) is 0 Å². The zero-order valence-corrected chi connectivity index (χ0v) is 18.3. The molecule has 3 aromatic carbocycles. The van der Waals surface area contributed by atoms with Crippen LogP contribution in [0.5, 0.6) is 5.75 Å². The summed E-state index contributed by atoms with van der Waals surface area (Å²) in [5.41, 5.74) is 1.46. The Balaban J connectivity index is 1.78. The Morgan fingerprint density at radius 1 is 0.781 bits per heavy atom. The highest BCUT2D eigenvalue weighted by Crippen LogP contribution is 2.21. The third-order valence-electron chi connectivity index (χ3n) is 4.40. The average Bonchev–Trinajstić information content (AvgIpc) is 2.84. The van der Waals surface area contributed by atoms with E-state index in [9.17, 15) is 14.4 Å². The summed E-state index contributed by atoms with van der Waals surface area (Å²) >= 11 is 0. The lowest BCUT2D eigenvalue weighted by atomic mass is 10.1. The third kappa shape index (κ3) is 6.77. The van der Waals surface area contributed by atoms with Gasteiger partial charge in [-0.15, -0.1) is 0 Å².